The fourth-order valence-electron chi connectivity index (χ4n) is 2.24. The molecule has 1 atom stereocenters. The second-order valence-electron chi connectivity index (χ2n) is 5.66. The van der Waals surface area contributed by atoms with Gasteiger partial charge in [-0.05, 0) is 35.9 Å². The molecule has 0 amide bonds. The van der Waals surface area contributed by atoms with E-state index in [1.165, 1.54) is 24.5 Å². The molecule has 0 saturated carbocycles. The zero-order chi connectivity index (χ0) is 19.1. The van der Waals surface area contributed by atoms with Gasteiger partial charge in [-0.15, -0.1) is 0 Å². The Bertz CT molecular complexity index is 841. The molecule has 1 aliphatic rings. The summed E-state index contributed by atoms with van der Waals surface area (Å²) in [6.45, 7) is 0.366. The molecule has 140 valence electrons. The lowest BCUT2D eigenvalue weighted by molar-refractivity contribution is -0.508. The first-order valence-corrected chi connectivity index (χ1v) is 8.06. The number of ether oxygens (including phenoxy) is 3. The first-order chi connectivity index (χ1) is 13.1. The lowest BCUT2D eigenvalue weighted by Gasteiger charge is -2.11. The number of aromatic nitrogens is 1. The molecule has 0 aliphatic heterocycles. The number of hydrogen-bond acceptors (Lipinski definition) is 8. The van der Waals surface area contributed by atoms with Crippen molar-refractivity contribution in [2.75, 3.05) is 0 Å². The van der Waals surface area contributed by atoms with Crippen molar-refractivity contribution in [3.8, 4) is 5.75 Å². The maximum Gasteiger partial charge on any atom is 0.514 e. The van der Waals surface area contributed by atoms with Crippen LogP contribution in [0.5, 0.6) is 5.75 Å². The number of carbonyl (C=O) groups excluding carboxylic acids is 1. The van der Waals surface area contributed by atoms with Crippen LogP contribution in [0, 0.1) is 10.1 Å². The number of hydrogen-bond donors (Lipinski definition) is 0. The topological polar surface area (TPSA) is 114 Å². The second-order valence-corrected chi connectivity index (χ2v) is 5.66. The van der Waals surface area contributed by atoms with E-state index in [0.717, 1.165) is 11.1 Å². The highest BCUT2D eigenvalue weighted by atomic mass is 16.7. The molecule has 0 radical (unpaired) electrons. The Balaban J connectivity index is 1.41. The first kappa shape index (κ1) is 18.2. The van der Waals surface area contributed by atoms with Crippen molar-refractivity contribution in [3.05, 3.63) is 82.0 Å². The van der Waals surface area contributed by atoms with Crippen molar-refractivity contribution in [1.29, 1.82) is 0 Å². The summed E-state index contributed by atoms with van der Waals surface area (Å²) in [5, 5.41) is 14.2. The summed E-state index contributed by atoms with van der Waals surface area (Å²) in [6, 6.07) is 6.23. The van der Waals surface area contributed by atoms with E-state index in [4.69, 9.17) is 18.7 Å². The average Bonchev–Trinajstić information content (AvgIpc) is 3.19. The molecule has 2 aromatic rings. The number of carbonyl (C=O) groups is 1. The third-order valence-electron chi connectivity index (χ3n) is 3.68. The quantitative estimate of drug-likeness (QED) is 0.413. The number of nitro groups is 1. The van der Waals surface area contributed by atoms with Crippen molar-refractivity contribution in [3.63, 3.8) is 0 Å². The number of rotatable bonds is 7. The molecule has 27 heavy (non-hydrogen) atoms. The summed E-state index contributed by atoms with van der Waals surface area (Å²) < 4.78 is 20.3. The van der Waals surface area contributed by atoms with Gasteiger partial charge in [0.1, 0.15) is 31.0 Å². The highest BCUT2D eigenvalue weighted by molar-refractivity contribution is 5.62. The highest BCUT2D eigenvalue weighted by Crippen LogP contribution is 2.17. The number of allylic oxidation sites excluding steroid dienone is 1. The molecule has 1 aliphatic carbocycles. The zero-order valence-electron chi connectivity index (χ0n) is 14.1. The monoisotopic (exact) mass is 372 g/mol. The van der Waals surface area contributed by atoms with Crippen LogP contribution in [-0.2, 0) is 22.7 Å². The molecule has 1 aromatic heterocycles. The molecule has 0 fully saturated rings. The third-order valence-corrected chi connectivity index (χ3v) is 3.68. The maximum atomic E-state index is 11.7. The maximum absolute atomic E-state index is 11.7. The van der Waals surface area contributed by atoms with Crippen molar-refractivity contribution < 1.29 is 28.5 Å². The molecule has 0 spiro atoms. The van der Waals surface area contributed by atoms with Gasteiger partial charge in [0.25, 0.3) is 0 Å². The van der Waals surface area contributed by atoms with Gasteiger partial charge in [0.15, 0.2) is 0 Å². The normalized spacial score (nSPS) is 15.7. The van der Waals surface area contributed by atoms with Crippen LogP contribution >= 0.6 is 0 Å². The first-order valence-electron chi connectivity index (χ1n) is 8.06. The van der Waals surface area contributed by atoms with Crippen molar-refractivity contribution in [2.45, 2.75) is 25.7 Å². The highest BCUT2D eigenvalue weighted by Gasteiger charge is 2.20. The van der Waals surface area contributed by atoms with Gasteiger partial charge in [-0.25, -0.2) is 4.79 Å². The van der Waals surface area contributed by atoms with E-state index >= 15 is 0 Å². The molecule has 1 aromatic carbocycles. The Morgan fingerprint density at radius 1 is 1.26 bits per heavy atom. The van der Waals surface area contributed by atoms with Gasteiger partial charge in [-0.2, -0.15) is 0 Å². The Labute approximate surface area is 154 Å². The van der Waals surface area contributed by atoms with Crippen molar-refractivity contribution >= 4 is 6.16 Å². The van der Waals surface area contributed by atoms with Gasteiger partial charge in [-0.3, -0.25) is 10.1 Å². The standard InChI is InChI=1S/C18H16N2O7/c21-18(27-17-7-3-15(4-8-17)20(22)23)25-10-13-1-5-16(6-2-13)24-11-14-9-19-26-12-14/h1-3,5-9,12,15H,4,10-11H2. The van der Waals surface area contributed by atoms with Gasteiger partial charge >= 0.3 is 6.16 Å². The molecule has 9 nitrogen and oxygen atoms in total. The zero-order valence-corrected chi connectivity index (χ0v) is 14.1. The van der Waals surface area contributed by atoms with E-state index < -0.39 is 17.1 Å². The predicted molar refractivity (Wildman–Crippen MR) is 91.2 cm³/mol. The Kier molecular flexibility index (Phi) is 5.83. The summed E-state index contributed by atoms with van der Waals surface area (Å²) in [5.41, 5.74) is 1.58. The van der Waals surface area contributed by atoms with Gasteiger partial charge in [0, 0.05) is 16.9 Å². The molecule has 9 heteroatoms. The van der Waals surface area contributed by atoms with Crippen LogP contribution in [0.25, 0.3) is 0 Å². The largest absolute Gasteiger partial charge is 0.514 e. The minimum absolute atomic E-state index is 0.0271. The van der Waals surface area contributed by atoms with Gasteiger partial charge < -0.3 is 18.7 Å². The number of benzene rings is 1. The van der Waals surface area contributed by atoms with Crippen molar-refractivity contribution in [2.24, 2.45) is 0 Å². The Morgan fingerprint density at radius 2 is 2.07 bits per heavy atom. The summed E-state index contributed by atoms with van der Waals surface area (Å²) in [6.07, 6.45) is 6.61. The minimum atomic E-state index is -0.877. The Morgan fingerprint density at radius 3 is 2.70 bits per heavy atom. The lowest BCUT2D eigenvalue weighted by Crippen LogP contribution is -2.18. The van der Waals surface area contributed by atoms with Crippen molar-refractivity contribution in [1.82, 2.24) is 5.16 Å². The lowest BCUT2D eigenvalue weighted by atomic mass is 10.1. The summed E-state index contributed by atoms with van der Waals surface area (Å²) in [7, 11) is 0. The Hall–Kier alpha value is -3.62. The van der Waals surface area contributed by atoms with Crippen LogP contribution < -0.4 is 4.74 Å². The van der Waals surface area contributed by atoms with Gasteiger partial charge in [-0.1, -0.05) is 17.3 Å². The molecule has 1 heterocycles. The summed E-state index contributed by atoms with van der Waals surface area (Å²) in [4.78, 5) is 22.0. The smallest absolute Gasteiger partial charge is 0.489 e. The number of nitrogens with zero attached hydrogens (tertiary/aromatic N) is 2. The molecule has 0 saturated heterocycles. The van der Waals surface area contributed by atoms with Crippen LogP contribution in [0.1, 0.15) is 17.5 Å². The van der Waals surface area contributed by atoms with Gasteiger partial charge in [0.2, 0.25) is 6.04 Å². The minimum Gasteiger partial charge on any atom is -0.489 e. The summed E-state index contributed by atoms with van der Waals surface area (Å²) in [5.74, 6) is 0.885. The fourth-order valence-corrected chi connectivity index (χ4v) is 2.24. The van der Waals surface area contributed by atoms with E-state index in [0.29, 0.717) is 12.4 Å². The predicted octanol–water partition coefficient (Wildman–Crippen LogP) is 3.40. The summed E-state index contributed by atoms with van der Waals surface area (Å²) >= 11 is 0. The molecule has 0 N–H and O–H groups in total. The van der Waals surface area contributed by atoms with Crippen LogP contribution in [0.4, 0.5) is 4.79 Å². The van der Waals surface area contributed by atoms with Crippen LogP contribution in [0.3, 0.4) is 0 Å². The van der Waals surface area contributed by atoms with Gasteiger partial charge in [0.05, 0.1) is 6.20 Å². The molecule has 0 bridgehead atoms. The molecule has 3 rings (SSSR count). The van der Waals surface area contributed by atoms with E-state index in [9.17, 15) is 14.9 Å². The second kappa shape index (κ2) is 8.65. The van der Waals surface area contributed by atoms with E-state index in [1.54, 1.807) is 30.5 Å². The molecular weight excluding hydrogens is 356 g/mol. The van der Waals surface area contributed by atoms with E-state index in [1.807, 2.05) is 0 Å². The third kappa shape index (κ3) is 5.43. The average molecular weight is 372 g/mol. The molecule has 1 unspecified atom stereocenters. The van der Waals surface area contributed by atoms with E-state index in [-0.39, 0.29) is 18.8 Å². The molecular formula is C18H16N2O7. The van der Waals surface area contributed by atoms with E-state index in [2.05, 4.69) is 5.16 Å². The SMILES string of the molecule is O=C(OCc1ccc(OCc2cnoc2)cc1)OC1=CCC([N+](=O)[O-])C=C1. The van der Waals surface area contributed by atoms with Crippen LogP contribution in [-0.4, -0.2) is 22.3 Å². The fraction of sp³-hybridized carbons (Fsp3) is 0.222. The van der Waals surface area contributed by atoms with Crippen LogP contribution in [0.2, 0.25) is 0 Å². The van der Waals surface area contributed by atoms with Crippen LogP contribution in [0.15, 0.2) is 65.2 Å².